The molecule has 4 nitrogen and oxygen atoms in total. The molecule has 24 heavy (non-hydrogen) atoms. The van der Waals surface area contributed by atoms with E-state index in [4.69, 9.17) is 0 Å². The normalized spacial score (nSPS) is 26.2. The van der Waals surface area contributed by atoms with E-state index in [-0.39, 0.29) is 28.9 Å². The molecule has 2 fully saturated rings. The van der Waals surface area contributed by atoms with Crippen molar-refractivity contribution in [2.75, 3.05) is 33.2 Å². The van der Waals surface area contributed by atoms with Gasteiger partial charge < -0.3 is 9.80 Å². The molecular formula is C20H36N2O2. The highest BCUT2D eigenvalue weighted by Gasteiger charge is 2.40. The number of hydrogen-bond acceptors (Lipinski definition) is 3. The number of carbonyl (C=O) groups is 2. The number of Topliss-reactive ketones (excluding diaryl/α,β-unsaturated/α-hetero) is 1. The van der Waals surface area contributed by atoms with Crippen LogP contribution in [-0.2, 0) is 9.59 Å². The van der Waals surface area contributed by atoms with Gasteiger partial charge in [-0.15, -0.1) is 0 Å². The number of likely N-dealkylation sites (tertiary alicyclic amines) is 1. The van der Waals surface area contributed by atoms with Crippen molar-refractivity contribution in [1.82, 2.24) is 9.80 Å². The number of ketones is 1. The lowest BCUT2D eigenvalue weighted by molar-refractivity contribution is -0.145. The van der Waals surface area contributed by atoms with Crippen molar-refractivity contribution < 1.29 is 9.59 Å². The first-order chi connectivity index (χ1) is 11.3. The zero-order chi connectivity index (χ0) is 17.7. The smallest absolute Gasteiger partial charge is 0.226 e. The molecule has 0 aromatic rings. The van der Waals surface area contributed by atoms with Gasteiger partial charge in [-0.25, -0.2) is 0 Å². The van der Waals surface area contributed by atoms with E-state index in [2.05, 4.69) is 4.90 Å². The molecule has 0 bridgehead atoms. The molecule has 0 aromatic heterocycles. The molecule has 4 heteroatoms. The molecule has 0 unspecified atom stereocenters. The van der Waals surface area contributed by atoms with Gasteiger partial charge in [-0.1, -0.05) is 40.0 Å². The van der Waals surface area contributed by atoms with Gasteiger partial charge in [0.25, 0.3) is 0 Å². The van der Waals surface area contributed by atoms with E-state index in [0.717, 1.165) is 51.9 Å². The molecule has 0 N–H and O–H groups in total. The van der Waals surface area contributed by atoms with Crippen LogP contribution in [0, 0.1) is 17.3 Å². The third-order valence-corrected chi connectivity index (χ3v) is 5.74. The van der Waals surface area contributed by atoms with Gasteiger partial charge >= 0.3 is 0 Å². The third kappa shape index (κ3) is 5.05. The molecule has 0 aromatic carbocycles. The van der Waals surface area contributed by atoms with Crippen molar-refractivity contribution in [3.8, 4) is 0 Å². The number of carbonyl (C=O) groups excluding carboxylic acids is 2. The minimum atomic E-state index is -0.354. The maximum Gasteiger partial charge on any atom is 0.226 e. The lowest BCUT2D eigenvalue weighted by Crippen LogP contribution is -2.45. The summed E-state index contributed by atoms with van der Waals surface area (Å²) < 4.78 is 0. The molecule has 138 valence electrons. The van der Waals surface area contributed by atoms with Crippen molar-refractivity contribution in [2.24, 2.45) is 17.3 Å². The number of amides is 1. The Labute approximate surface area is 148 Å². The van der Waals surface area contributed by atoms with Gasteiger partial charge in [-0.05, 0) is 38.8 Å². The number of likely N-dealkylation sites (N-methyl/N-ethyl adjacent to an activating group) is 1. The van der Waals surface area contributed by atoms with Gasteiger partial charge in [-0.3, -0.25) is 9.59 Å². The SMILES string of the molecule is CN(CCN1CCCCC1)C(=O)[C@H]1CCCC[C@H]1C(=O)C(C)(C)C. The van der Waals surface area contributed by atoms with Gasteiger partial charge in [0.05, 0.1) is 0 Å². The molecule has 1 aliphatic heterocycles. The van der Waals surface area contributed by atoms with Crippen molar-refractivity contribution in [3.63, 3.8) is 0 Å². The Morgan fingerprint density at radius 1 is 0.958 bits per heavy atom. The molecule has 0 spiro atoms. The fourth-order valence-corrected chi connectivity index (χ4v) is 4.16. The van der Waals surface area contributed by atoms with Crippen LogP contribution in [0.15, 0.2) is 0 Å². The van der Waals surface area contributed by atoms with E-state index in [0.29, 0.717) is 0 Å². The molecule has 1 saturated carbocycles. The Morgan fingerprint density at radius 2 is 1.54 bits per heavy atom. The topological polar surface area (TPSA) is 40.6 Å². The highest BCUT2D eigenvalue weighted by molar-refractivity contribution is 5.91. The van der Waals surface area contributed by atoms with E-state index in [1.807, 2.05) is 32.7 Å². The molecule has 1 saturated heterocycles. The highest BCUT2D eigenvalue weighted by Crippen LogP contribution is 2.36. The molecule has 1 amide bonds. The Hall–Kier alpha value is -0.900. The van der Waals surface area contributed by atoms with E-state index in [1.54, 1.807) is 0 Å². The van der Waals surface area contributed by atoms with Crippen molar-refractivity contribution in [1.29, 1.82) is 0 Å². The lowest BCUT2D eigenvalue weighted by atomic mass is 9.70. The molecule has 2 atom stereocenters. The fraction of sp³-hybridized carbons (Fsp3) is 0.900. The van der Waals surface area contributed by atoms with Gasteiger partial charge in [0.15, 0.2) is 0 Å². The maximum atomic E-state index is 13.0. The maximum absolute atomic E-state index is 13.0. The van der Waals surface area contributed by atoms with Crippen LogP contribution in [0.25, 0.3) is 0 Å². The number of hydrogen-bond donors (Lipinski definition) is 0. The fourth-order valence-electron chi connectivity index (χ4n) is 4.16. The number of piperidine rings is 1. The zero-order valence-corrected chi connectivity index (χ0v) is 16.1. The summed E-state index contributed by atoms with van der Waals surface area (Å²) in [5.74, 6) is 0.278. The molecular weight excluding hydrogens is 300 g/mol. The second-order valence-corrected chi connectivity index (χ2v) is 8.77. The van der Waals surface area contributed by atoms with Crippen LogP contribution in [0.1, 0.15) is 65.7 Å². The second-order valence-electron chi connectivity index (χ2n) is 8.77. The summed E-state index contributed by atoms with van der Waals surface area (Å²) in [5.41, 5.74) is -0.354. The van der Waals surface area contributed by atoms with E-state index < -0.39 is 0 Å². The monoisotopic (exact) mass is 336 g/mol. The molecule has 2 rings (SSSR count). The van der Waals surface area contributed by atoms with Crippen LogP contribution in [0.4, 0.5) is 0 Å². The summed E-state index contributed by atoms with van der Waals surface area (Å²) in [6.45, 7) is 10.0. The molecule has 1 heterocycles. The van der Waals surface area contributed by atoms with E-state index in [1.165, 1.54) is 19.3 Å². The number of nitrogens with zero attached hydrogens (tertiary/aromatic N) is 2. The van der Waals surface area contributed by atoms with Crippen LogP contribution in [0.5, 0.6) is 0 Å². The van der Waals surface area contributed by atoms with Crippen LogP contribution >= 0.6 is 0 Å². The summed E-state index contributed by atoms with van der Waals surface area (Å²) >= 11 is 0. The number of rotatable bonds is 5. The minimum absolute atomic E-state index is 0.0799. The second kappa shape index (κ2) is 8.46. The van der Waals surface area contributed by atoms with Crippen LogP contribution in [-0.4, -0.2) is 54.7 Å². The van der Waals surface area contributed by atoms with Crippen molar-refractivity contribution in [2.45, 2.75) is 65.7 Å². The van der Waals surface area contributed by atoms with E-state index in [9.17, 15) is 9.59 Å². The Morgan fingerprint density at radius 3 is 2.12 bits per heavy atom. The quantitative estimate of drug-likeness (QED) is 0.773. The first-order valence-electron chi connectivity index (χ1n) is 9.82. The molecule has 1 aliphatic carbocycles. The molecule has 0 radical (unpaired) electrons. The summed E-state index contributed by atoms with van der Waals surface area (Å²) in [7, 11) is 1.92. The Kier molecular flexibility index (Phi) is 6.85. The Bertz CT molecular complexity index is 435. The average Bonchev–Trinajstić information content (AvgIpc) is 2.58. The third-order valence-electron chi connectivity index (χ3n) is 5.74. The predicted molar refractivity (Wildman–Crippen MR) is 97.8 cm³/mol. The lowest BCUT2D eigenvalue weighted by Gasteiger charge is -2.36. The van der Waals surface area contributed by atoms with Gasteiger partial charge in [-0.2, -0.15) is 0 Å². The van der Waals surface area contributed by atoms with Gasteiger partial charge in [0.1, 0.15) is 5.78 Å². The van der Waals surface area contributed by atoms with Crippen LogP contribution < -0.4 is 0 Å². The Balaban J connectivity index is 1.93. The van der Waals surface area contributed by atoms with Gasteiger partial charge in [0, 0.05) is 37.4 Å². The van der Waals surface area contributed by atoms with Crippen LogP contribution in [0.3, 0.4) is 0 Å². The standard InChI is InChI=1S/C20H36N2O2/c1-20(2,3)18(23)16-10-6-7-11-17(16)19(24)21(4)14-15-22-12-8-5-9-13-22/h16-17H,5-15H2,1-4H3/t16-,17+/m1/s1. The first-order valence-corrected chi connectivity index (χ1v) is 9.82. The largest absolute Gasteiger partial charge is 0.344 e. The van der Waals surface area contributed by atoms with E-state index >= 15 is 0 Å². The summed E-state index contributed by atoms with van der Waals surface area (Å²) in [4.78, 5) is 30.1. The average molecular weight is 337 g/mol. The molecule has 2 aliphatic rings. The summed E-state index contributed by atoms with van der Waals surface area (Å²) in [6, 6.07) is 0. The minimum Gasteiger partial charge on any atom is -0.344 e. The van der Waals surface area contributed by atoms with Crippen molar-refractivity contribution in [3.05, 3.63) is 0 Å². The van der Waals surface area contributed by atoms with Crippen molar-refractivity contribution >= 4 is 11.7 Å². The summed E-state index contributed by atoms with van der Waals surface area (Å²) in [5, 5.41) is 0. The highest BCUT2D eigenvalue weighted by atomic mass is 16.2. The first kappa shape index (κ1) is 19.4. The van der Waals surface area contributed by atoms with Crippen LogP contribution in [0.2, 0.25) is 0 Å². The zero-order valence-electron chi connectivity index (χ0n) is 16.1. The van der Waals surface area contributed by atoms with Gasteiger partial charge in [0.2, 0.25) is 5.91 Å². The predicted octanol–water partition coefficient (Wildman–Crippen LogP) is 3.35. The summed E-state index contributed by atoms with van der Waals surface area (Å²) in [6.07, 6.45) is 7.80.